The molecule has 23 heavy (non-hydrogen) atoms. The molecule has 0 saturated heterocycles. The molecule has 0 amide bonds. The average Bonchev–Trinajstić information content (AvgIpc) is 2.82. The lowest BCUT2D eigenvalue weighted by Crippen LogP contribution is -2.69. The highest BCUT2D eigenvalue weighted by Gasteiger charge is 2.69. The lowest BCUT2D eigenvalue weighted by molar-refractivity contribution is -0.269. The van der Waals surface area contributed by atoms with Crippen molar-refractivity contribution in [2.24, 2.45) is 40.4 Å². The van der Waals surface area contributed by atoms with E-state index >= 15 is 0 Å². The molecule has 0 aromatic rings. The second-order valence-electron chi connectivity index (χ2n) is 10.3. The predicted molar refractivity (Wildman–Crippen MR) is 87.6 cm³/mol. The molecule has 2 unspecified atom stereocenters. The molecule has 0 spiro atoms. The van der Waals surface area contributed by atoms with Crippen LogP contribution < -0.4 is 0 Å². The maximum absolute atomic E-state index is 11.5. The van der Waals surface area contributed by atoms with Gasteiger partial charge in [0.15, 0.2) is 0 Å². The summed E-state index contributed by atoms with van der Waals surface area (Å²) in [6.45, 7) is 4.75. The van der Waals surface area contributed by atoms with E-state index in [1.165, 1.54) is 25.7 Å². The van der Waals surface area contributed by atoms with Crippen molar-refractivity contribution in [2.75, 3.05) is 0 Å². The summed E-state index contributed by atoms with van der Waals surface area (Å²) in [6, 6.07) is 0. The molecule has 3 nitrogen and oxygen atoms in total. The Balaban J connectivity index is 1.71. The molecule has 0 heterocycles. The standard InChI is InChI=1S/C20H32O3/c1-18-6-5-15-13-8-17(22)20(23)10-16(21)11(9-19(15,20)2)7-12(18)3-4-14(13)18/h11-17,21-23H,3-10H2,1-2H3/t11?,12?,13-,14-,15-,16+,17+,18+,19+,20-/m0/s1. The van der Waals surface area contributed by atoms with Gasteiger partial charge in [-0.15, -0.1) is 0 Å². The van der Waals surface area contributed by atoms with Gasteiger partial charge in [-0.05, 0) is 80.0 Å². The van der Waals surface area contributed by atoms with Crippen molar-refractivity contribution in [2.45, 2.75) is 83.0 Å². The fourth-order valence-electron chi connectivity index (χ4n) is 8.53. The highest BCUT2D eigenvalue weighted by atomic mass is 16.3. The Bertz CT molecular complexity index is 535. The van der Waals surface area contributed by atoms with E-state index in [9.17, 15) is 15.3 Å². The van der Waals surface area contributed by atoms with Crippen molar-refractivity contribution in [3.8, 4) is 0 Å². The first-order chi connectivity index (χ1) is 10.8. The molecule has 6 aliphatic rings. The van der Waals surface area contributed by atoms with Crippen molar-refractivity contribution in [3.63, 3.8) is 0 Å². The van der Waals surface area contributed by atoms with Crippen LogP contribution in [0.2, 0.25) is 0 Å². The molecule has 3 heteroatoms. The summed E-state index contributed by atoms with van der Waals surface area (Å²) in [5.74, 6) is 2.87. The van der Waals surface area contributed by atoms with E-state index in [0.717, 1.165) is 31.1 Å². The van der Waals surface area contributed by atoms with Gasteiger partial charge < -0.3 is 15.3 Å². The maximum Gasteiger partial charge on any atom is 0.0986 e. The topological polar surface area (TPSA) is 60.7 Å². The third kappa shape index (κ3) is 1.58. The Morgan fingerprint density at radius 3 is 2.48 bits per heavy atom. The Labute approximate surface area is 139 Å². The van der Waals surface area contributed by atoms with Crippen molar-refractivity contribution in [1.82, 2.24) is 0 Å². The van der Waals surface area contributed by atoms with Gasteiger partial charge >= 0.3 is 0 Å². The van der Waals surface area contributed by atoms with Crippen LogP contribution in [0.1, 0.15) is 65.2 Å². The molecule has 0 aromatic carbocycles. The van der Waals surface area contributed by atoms with E-state index in [1.807, 2.05) is 0 Å². The second-order valence-corrected chi connectivity index (χ2v) is 10.3. The normalized spacial score (nSPS) is 66.9. The van der Waals surface area contributed by atoms with E-state index in [1.54, 1.807) is 0 Å². The number of hydrogen-bond acceptors (Lipinski definition) is 3. The van der Waals surface area contributed by atoms with Gasteiger partial charge in [0.05, 0.1) is 17.8 Å². The third-order valence-corrected chi connectivity index (χ3v) is 9.83. The van der Waals surface area contributed by atoms with Gasteiger partial charge in [0.25, 0.3) is 0 Å². The minimum Gasteiger partial charge on any atom is -0.393 e. The largest absolute Gasteiger partial charge is 0.393 e. The zero-order valence-electron chi connectivity index (χ0n) is 14.5. The number of aliphatic hydroxyl groups excluding tert-OH is 2. The number of aliphatic hydroxyl groups is 3. The van der Waals surface area contributed by atoms with Crippen LogP contribution in [0.15, 0.2) is 0 Å². The SMILES string of the molecule is C[C@@]12CC[C@H]3[C@H]4C[C@@H](O)[C@@]5(O)C[C@@H](O)C(CC1CC[C@@H]42)C[C@]35C. The van der Waals surface area contributed by atoms with Crippen LogP contribution in [0.4, 0.5) is 0 Å². The summed E-state index contributed by atoms with van der Waals surface area (Å²) in [5.41, 5.74) is -0.893. The zero-order chi connectivity index (χ0) is 16.2. The van der Waals surface area contributed by atoms with Crippen molar-refractivity contribution >= 4 is 0 Å². The minimum atomic E-state index is -1.08. The Morgan fingerprint density at radius 1 is 0.913 bits per heavy atom. The fraction of sp³-hybridized carbons (Fsp3) is 1.00. The van der Waals surface area contributed by atoms with E-state index in [4.69, 9.17) is 0 Å². The van der Waals surface area contributed by atoms with Gasteiger partial charge in [-0.3, -0.25) is 0 Å². The molecule has 6 rings (SSSR count). The van der Waals surface area contributed by atoms with Gasteiger partial charge in [-0.2, -0.15) is 0 Å². The molecule has 6 aliphatic carbocycles. The van der Waals surface area contributed by atoms with Crippen LogP contribution >= 0.6 is 0 Å². The first kappa shape index (κ1) is 15.2. The summed E-state index contributed by atoms with van der Waals surface area (Å²) in [4.78, 5) is 0. The summed E-state index contributed by atoms with van der Waals surface area (Å²) < 4.78 is 0. The van der Waals surface area contributed by atoms with Crippen molar-refractivity contribution in [3.05, 3.63) is 0 Å². The quantitative estimate of drug-likeness (QED) is 0.643. The molecular formula is C20H32O3. The second kappa shape index (κ2) is 4.34. The fourth-order valence-corrected chi connectivity index (χ4v) is 8.53. The Morgan fingerprint density at radius 2 is 1.70 bits per heavy atom. The highest BCUT2D eigenvalue weighted by Crippen LogP contribution is 2.71. The van der Waals surface area contributed by atoms with Crippen LogP contribution in [-0.2, 0) is 0 Å². The van der Waals surface area contributed by atoms with Crippen LogP contribution in [0.25, 0.3) is 0 Å². The van der Waals surface area contributed by atoms with Crippen LogP contribution in [-0.4, -0.2) is 33.1 Å². The lowest BCUT2D eigenvalue weighted by atomic mass is 9.43. The van der Waals surface area contributed by atoms with E-state index < -0.39 is 17.8 Å². The van der Waals surface area contributed by atoms with Crippen LogP contribution in [0.3, 0.4) is 0 Å². The molecule has 7 bridgehead atoms. The van der Waals surface area contributed by atoms with Crippen LogP contribution in [0, 0.1) is 40.4 Å². The average molecular weight is 320 g/mol. The molecule has 6 saturated carbocycles. The summed E-state index contributed by atoms with van der Waals surface area (Å²) in [5, 5.41) is 33.2. The Kier molecular flexibility index (Phi) is 2.86. The summed E-state index contributed by atoms with van der Waals surface area (Å²) in [6.07, 6.45) is 7.17. The summed E-state index contributed by atoms with van der Waals surface area (Å²) >= 11 is 0. The molecule has 3 N–H and O–H groups in total. The van der Waals surface area contributed by atoms with Crippen LogP contribution in [0.5, 0.6) is 0 Å². The minimum absolute atomic E-state index is 0.217. The van der Waals surface area contributed by atoms with Gasteiger partial charge in [-0.25, -0.2) is 0 Å². The molecular weight excluding hydrogens is 288 g/mol. The van der Waals surface area contributed by atoms with Crippen molar-refractivity contribution in [1.29, 1.82) is 0 Å². The van der Waals surface area contributed by atoms with Crippen molar-refractivity contribution < 1.29 is 15.3 Å². The number of hydrogen-bond donors (Lipinski definition) is 3. The Hall–Kier alpha value is -0.120. The van der Waals surface area contributed by atoms with Gasteiger partial charge in [-0.1, -0.05) is 13.8 Å². The van der Waals surface area contributed by atoms with E-state index in [0.29, 0.717) is 29.6 Å². The molecule has 6 fully saturated rings. The first-order valence-corrected chi connectivity index (χ1v) is 9.88. The monoisotopic (exact) mass is 320 g/mol. The van der Waals surface area contributed by atoms with E-state index in [2.05, 4.69) is 13.8 Å². The van der Waals surface area contributed by atoms with Gasteiger partial charge in [0.2, 0.25) is 0 Å². The predicted octanol–water partition coefficient (Wildman–Crippen LogP) is 2.72. The lowest BCUT2D eigenvalue weighted by Gasteiger charge is -2.65. The molecule has 0 aliphatic heterocycles. The number of fused-ring (bicyclic) bond motifs is 1. The first-order valence-electron chi connectivity index (χ1n) is 9.88. The maximum atomic E-state index is 11.5. The molecule has 0 radical (unpaired) electrons. The van der Waals surface area contributed by atoms with E-state index in [-0.39, 0.29) is 5.41 Å². The zero-order valence-corrected chi connectivity index (χ0v) is 14.5. The number of rotatable bonds is 0. The smallest absolute Gasteiger partial charge is 0.0986 e. The highest BCUT2D eigenvalue weighted by molar-refractivity contribution is 5.19. The molecule has 10 atom stereocenters. The van der Waals surface area contributed by atoms with Gasteiger partial charge in [0.1, 0.15) is 0 Å². The van der Waals surface area contributed by atoms with Gasteiger partial charge in [0, 0.05) is 11.8 Å². The molecule has 130 valence electrons. The third-order valence-electron chi connectivity index (χ3n) is 9.83. The molecule has 0 aromatic heterocycles. The summed E-state index contributed by atoms with van der Waals surface area (Å²) in [7, 11) is 0.